The largest absolute Gasteiger partial charge is 0.388 e. The molecular weight excluding hydrogens is 240 g/mol. The Labute approximate surface area is 116 Å². The van der Waals surface area contributed by atoms with Crippen LogP contribution < -0.4 is 0 Å². The molecule has 0 radical (unpaired) electrons. The minimum atomic E-state index is -0.226. The third-order valence-corrected chi connectivity index (χ3v) is 4.61. The molecule has 0 saturated heterocycles. The smallest absolute Gasteiger partial charge is 0.0884 e. The van der Waals surface area contributed by atoms with Crippen LogP contribution in [0.2, 0.25) is 0 Å². The maximum atomic E-state index is 10.2. The van der Waals surface area contributed by atoms with Crippen molar-refractivity contribution in [1.29, 1.82) is 0 Å². The average molecular weight is 268 g/mol. The van der Waals surface area contributed by atoms with Gasteiger partial charge in [0.2, 0.25) is 0 Å². The maximum absolute atomic E-state index is 10.2. The molecule has 1 nitrogen and oxygen atoms in total. The summed E-state index contributed by atoms with van der Waals surface area (Å²) in [4.78, 5) is 1.20. The van der Waals surface area contributed by atoms with Gasteiger partial charge < -0.3 is 5.11 Å². The molecule has 1 N–H and O–H groups in total. The summed E-state index contributed by atoms with van der Waals surface area (Å²) >= 11 is 1.71. The molecule has 0 fully saturated rings. The molecule has 1 atom stereocenters. The normalized spacial score (nSPS) is 12.8. The van der Waals surface area contributed by atoms with Crippen molar-refractivity contribution in [2.75, 3.05) is 0 Å². The van der Waals surface area contributed by atoms with Gasteiger partial charge in [-0.05, 0) is 29.9 Å². The number of unbranched alkanes of at least 4 members (excludes halogenated alkanes) is 6. The van der Waals surface area contributed by atoms with Crippen molar-refractivity contribution >= 4 is 11.3 Å². The Balaban J connectivity index is 2.12. The van der Waals surface area contributed by atoms with E-state index < -0.39 is 0 Å². The monoisotopic (exact) mass is 268 g/mol. The van der Waals surface area contributed by atoms with Gasteiger partial charge in [-0.15, -0.1) is 11.3 Å². The van der Waals surface area contributed by atoms with Crippen molar-refractivity contribution in [3.8, 4) is 0 Å². The van der Waals surface area contributed by atoms with Gasteiger partial charge in [0.05, 0.1) is 6.10 Å². The molecule has 0 amide bonds. The molecule has 2 heteroatoms. The van der Waals surface area contributed by atoms with Gasteiger partial charge in [-0.2, -0.15) is 0 Å². The summed E-state index contributed by atoms with van der Waals surface area (Å²) in [5.41, 5.74) is 1.33. The van der Waals surface area contributed by atoms with Crippen molar-refractivity contribution in [1.82, 2.24) is 0 Å². The molecule has 1 heterocycles. The number of thiophene rings is 1. The standard InChI is InChI=1S/C16H28OS/c1-3-5-6-7-8-9-10-11-15(17)16-14(4-2)12-13-18-16/h12-13,15,17H,3-11H2,1-2H3. The lowest BCUT2D eigenvalue weighted by Gasteiger charge is -2.10. The van der Waals surface area contributed by atoms with Crippen LogP contribution in [0.5, 0.6) is 0 Å². The summed E-state index contributed by atoms with van der Waals surface area (Å²) in [5.74, 6) is 0. The van der Waals surface area contributed by atoms with Crippen molar-refractivity contribution in [3.63, 3.8) is 0 Å². The Morgan fingerprint density at radius 3 is 2.39 bits per heavy atom. The van der Waals surface area contributed by atoms with Gasteiger partial charge in [0.15, 0.2) is 0 Å². The van der Waals surface area contributed by atoms with E-state index in [1.165, 1.54) is 49.0 Å². The summed E-state index contributed by atoms with van der Waals surface area (Å²) in [6.07, 6.45) is 10.9. The Bertz CT molecular complexity index is 306. The van der Waals surface area contributed by atoms with Crippen LogP contribution in [0.25, 0.3) is 0 Å². The molecule has 0 spiro atoms. The van der Waals surface area contributed by atoms with Crippen LogP contribution in [0.4, 0.5) is 0 Å². The van der Waals surface area contributed by atoms with Crippen molar-refractivity contribution < 1.29 is 5.11 Å². The highest BCUT2D eigenvalue weighted by molar-refractivity contribution is 7.10. The third kappa shape index (κ3) is 5.53. The first-order valence-electron chi connectivity index (χ1n) is 7.53. The summed E-state index contributed by atoms with van der Waals surface area (Å²) in [5, 5.41) is 12.3. The van der Waals surface area contributed by atoms with Gasteiger partial charge in [0.25, 0.3) is 0 Å². The molecule has 0 aromatic carbocycles. The van der Waals surface area contributed by atoms with Crippen LogP contribution in [0, 0.1) is 0 Å². The van der Waals surface area contributed by atoms with E-state index in [2.05, 4.69) is 25.3 Å². The fourth-order valence-corrected chi connectivity index (χ4v) is 3.38. The maximum Gasteiger partial charge on any atom is 0.0884 e. The third-order valence-electron chi connectivity index (χ3n) is 3.55. The summed E-state index contributed by atoms with van der Waals surface area (Å²) in [7, 11) is 0. The molecule has 1 aromatic rings. The number of rotatable bonds is 10. The molecule has 1 aromatic heterocycles. The second-order valence-electron chi connectivity index (χ2n) is 5.09. The molecule has 104 valence electrons. The molecule has 18 heavy (non-hydrogen) atoms. The molecule has 1 rings (SSSR count). The Hall–Kier alpha value is -0.340. The van der Waals surface area contributed by atoms with E-state index >= 15 is 0 Å². The first kappa shape index (κ1) is 15.7. The average Bonchev–Trinajstić information content (AvgIpc) is 2.85. The molecule has 0 aliphatic heterocycles. The fraction of sp³-hybridized carbons (Fsp3) is 0.750. The van der Waals surface area contributed by atoms with Crippen LogP contribution in [0.15, 0.2) is 11.4 Å². The SMILES string of the molecule is CCCCCCCCCC(O)c1sccc1CC. The lowest BCUT2D eigenvalue weighted by Crippen LogP contribution is -1.98. The van der Waals surface area contributed by atoms with Crippen LogP contribution in [0.1, 0.15) is 81.8 Å². The van der Waals surface area contributed by atoms with E-state index in [9.17, 15) is 5.11 Å². The molecule has 0 aliphatic carbocycles. The van der Waals surface area contributed by atoms with E-state index in [-0.39, 0.29) is 6.10 Å². The van der Waals surface area contributed by atoms with Gasteiger partial charge in [-0.1, -0.05) is 58.8 Å². The van der Waals surface area contributed by atoms with E-state index in [1.54, 1.807) is 11.3 Å². The zero-order chi connectivity index (χ0) is 13.2. The second kappa shape index (κ2) is 9.57. The number of aliphatic hydroxyl groups excluding tert-OH is 1. The predicted octanol–water partition coefficient (Wildman–Crippen LogP) is 5.48. The number of aliphatic hydroxyl groups is 1. The van der Waals surface area contributed by atoms with E-state index in [4.69, 9.17) is 0 Å². The van der Waals surface area contributed by atoms with Gasteiger partial charge in [0.1, 0.15) is 0 Å². The van der Waals surface area contributed by atoms with E-state index in [1.807, 2.05) is 0 Å². The molecular formula is C16H28OS. The van der Waals surface area contributed by atoms with E-state index in [0.29, 0.717) is 0 Å². The number of hydrogen-bond donors (Lipinski definition) is 1. The van der Waals surface area contributed by atoms with Crippen molar-refractivity contribution in [2.45, 2.75) is 77.7 Å². The topological polar surface area (TPSA) is 20.2 Å². The summed E-state index contributed by atoms with van der Waals surface area (Å²) < 4.78 is 0. The first-order valence-corrected chi connectivity index (χ1v) is 8.41. The Morgan fingerprint density at radius 1 is 1.06 bits per heavy atom. The fourth-order valence-electron chi connectivity index (χ4n) is 2.36. The highest BCUT2D eigenvalue weighted by atomic mass is 32.1. The quantitative estimate of drug-likeness (QED) is 0.557. The van der Waals surface area contributed by atoms with Crippen molar-refractivity contribution in [2.24, 2.45) is 0 Å². The van der Waals surface area contributed by atoms with Gasteiger partial charge in [0, 0.05) is 4.88 Å². The van der Waals surface area contributed by atoms with Gasteiger partial charge in [-0.25, -0.2) is 0 Å². The van der Waals surface area contributed by atoms with Crippen molar-refractivity contribution in [3.05, 3.63) is 21.9 Å². The van der Waals surface area contributed by atoms with Crippen LogP contribution in [0.3, 0.4) is 0 Å². The predicted molar refractivity (Wildman–Crippen MR) is 81.3 cm³/mol. The zero-order valence-electron chi connectivity index (χ0n) is 12.0. The second-order valence-corrected chi connectivity index (χ2v) is 6.04. The Morgan fingerprint density at radius 2 is 1.72 bits per heavy atom. The molecule has 1 unspecified atom stereocenters. The van der Waals surface area contributed by atoms with E-state index in [0.717, 1.165) is 19.3 Å². The first-order chi connectivity index (χ1) is 8.79. The highest BCUT2D eigenvalue weighted by Crippen LogP contribution is 2.28. The van der Waals surface area contributed by atoms with Gasteiger partial charge >= 0.3 is 0 Å². The van der Waals surface area contributed by atoms with Crippen LogP contribution in [-0.4, -0.2) is 5.11 Å². The summed E-state index contributed by atoms with van der Waals surface area (Å²) in [6.45, 7) is 4.41. The number of hydrogen-bond acceptors (Lipinski definition) is 2. The minimum absolute atomic E-state index is 0.226. The lowest BCUT2D eigenvalue weighted by atomic mass is 10.0. The highest BCUT2D eigenvalue weighted by Gasteiger charge is 2.12. The molecule has 0 saturated carbocycles. The summed E-state index contributed by atoms with van der Waals surface area (Å²) in [6, 6.07) is 2.15. The zero-order valence-corrected chi connectivity index (χ0v) is 12.8. The minimum Gasteiger partial charge on any atom is -0.388 e. The Kier molecular flexibility index (Phi) is 8.36. The lowest BCUT2D eigenvalue weighted by molar-refractivity contribution is 0.166. The van der Waals surface area contributed by atoms with Crippen LogP contribution in [-0.2, 0) is 6.42 Å². The molecule has 0 aliphatic rings. The molecule has 0 bridgehead atoms. The van der Waals surface area contributed by atoms with Gasteiger partial charge in [-0.3, -0.25) is 0 Å². The van der Waals surface area contributed by atoms with Crippen LogP contribution >= 0.6 is 11.3 Å². The number of aryl methyl sites for hydroxylation is 1.